The largest absolute Gasteiger partial charge is 0.370 e. The molecular formula is C15H18Cl2N4. The van der Waals surface area contributed by atoms with Crippen molar-refractivity contribution in [3.63, 3.8) is 0 Å². The number of nitrogens with zero attached hydrogens (tertiary/aromatic N) is 2. The van der Waals surface area contributed by atoms with Gasteiger partial charge in [-0.15, -0.1) is 0 Å². The van der Waals surface area contributed by atoms with E-state index in [4.69, 9.17) is 23.2 Å². The van der Waals surface area contributed by atoms with E-state index in [1.54, 1.807) is 18.2 Å². The molecule has 0 aliphatic carbocycles. The second kappa shape index (κ2) is 6.96. The molecular weight excluding hydrogens is 307 g/mol. The van der Waals surface area contributed by atoms with Crippen molar-refractivity contribution >= 4 is 40.5 Å². The van der Waals surface area contributed by atoms with E-state index in [0.717, 1.165) is 23.9 Å². The highest BCUT2D eigenvalue weighted by atomic mass is 35.5. The minimum Gasteiger partial charge on any atom is -0.370 e. The van der Waals surface area contributed by atoms with Crippen LogP contribution in [0.5, 0.6) is 0 Å². The highest BCUT2D eigenvalue weighted by Gasteiger charge is 2.08. The average Bonchev–Trinajstić information content (AvgIpc) is 2.37. The lowest BCUT2D eigenvalue weighted by atomic mass is 10.2. The Morgan fingerprint density at radius 3 is 2.19 bits per heavy atom. The molecule has 4 nitrogen and oxygen atoms in total. The fourth-order valence-electron chi connectivity index (χ4n) is 1.83. The third-order valence-corrected chi connectivity index (χ3v) is 3.19. The number of aromatic nitrogens is 2. The smallest absolute Gasteiger partial charge is 0.136 e. The van der Waals surface area contributed by atoms with Crippen molar-refractivity contribution in [3.8, 4) is 0 Å². The van der Waals surface area contributed by atoms with Crippen LogP contribution >= 0.6 is 23.2 Å². The van der Waals surface area contributed by atoms with Crippen molar-refractivity contribution in [2.75, 3.05) is 17.2 Å². The van der Waals surface area contributed by atoms with Gasteiger partial charge in [-0.05, 0) is 25.1 Å². The van der Waals surface area contributed by atoms with Crippen molar-refractivity contribution in [2.24, 2.45) is 0 Å². The number of benzene rings is 1. The van der Waals surface area contributed by atoms with Gasteiger partial charge in [-0.2, -0.15) is 0 Å². The van der Waals surface area contributed by atoms with Gasteiger partial charge >= 0.3 is 0 Å². The Morgan fingerprint density at radius 2 is 1.62 bits per heavy atom. The predicted molar refractivity (Wildman–Crippen MR) is 90.0 cm³/mol. The van der Waals surface area contributed by atoms with Gasteiger partial charge in [-0.25, -0.2) is 9.97 Å². The molecule has 0 spiro atoms. The number of rotatable bonds is 5. The zero-order valence-corrected chi connectivity index (χ0v) is 13.8. The standard InChI is InChI=1S/C15H18Cl2N4/c1-4-18-13-8-14(21-15(20-13)9(2)3)19-12-6-10(16)5-11(17)7-12/h5-9H,4H2,1-3H3,(H2,18,19,20,21). The van der Waals surface area contributed by atoms with Crippen molar-refractivity contribution in [1.82, 2.24) is 9.97 Å². The van der Waals surface area contributed by atoms with Crippen LogP contribution in [-0.2, 0) is 0 Å². The Morgan fingerprint density at radius 1 is 1.00 bits per heavy atom. The lowest BCUT2D eigenvalue weighted by Gasteiger charge is -2.12. The fourth-order valence-corrected chi connectivity index (χ4v) is 2.36. The van der Waals surface area contributed by atoms with Crippen molar-refractivity contribution in [2.45, 2.75) is 26.7 Å². The number of hydrogen-bond acceptors (Lipinski definition) is 4. The molecule has 0 unspecified atom stereocenters. The summed E-state index contributed by atoms with van der Waals surface area (Å²) in [5, 5.41) is 7.59. The molecule has 0 saturated carbocycles. The van der Waals surface area contributed by atoms with E-state index in [0.29, 0.717) is 15.9 Å². The number of hydrogen-bond donors (Lipinski definition) is 2. The maximum Gasteiger partial charge on any atom is 0.136 e. The molecule has 0 bridgehead atoms. The molecule has 2 N–H and O–H groups in total. The van der Waals surface area contributed by atoms with E-state index >= 15 is 0 Å². The summed E-state index contributed by atoms with van der Waals surface area (Å²) in [6, 6.07) is 7.16. The van der Waals surface area contributed by atoms with Crippen LogP contribution in [0.4, 0.5) is 17.3 Å². The third-order valence-electron chi connectivity index (χ3n) is 2.75. The van der Waals surface area contributed by atoms with E-state index in [9.17, 15) is 0 Å². The molecule has 21 heavy (non-hydrogen) atoms. The Labute approximate surface area is 134 Å². The minimum absolute atomic E-state index is 0.243. The zero-order valence-electron chi connectivity index (χ0n) is 12.2. The van der Waals surface area contributed by atoms with Crippen LogP contribution in [0.15, 0.2) is 24.3 Å². The lowest BCUT2D eigenvalue weighted by Crippen LogP contribution is -2.07. The Kier molecular flexibility index (Phi) is 5.26. The summed E-state index contributed by atoms with van der Waals surface area (Å²) in [5.41, 5.74) is 0.795. The molecule has 1 heterocycles. The first-order valence-corrected chi connectivity index (χ1v) is 7.59. The SMILES string of the molecule is CCNc1cc(Nc2cc(Cl)cc(Cl)c2)nc(C(C)C)n1. The first kappa shape index (κ1) is 15.9. The van der Waals surface area contributed by atoms with E-state index in [1.165, 1.54) is 0 Å². The molecule has 0 atom stereocenters. The molecule has 0 fully saturated rings. The van der Waals surface area contributed by atoms with E-state index in [2.05, 4.69) is 34.4 Å². The van der Waals surface area contributed by atoms with Crippen molar-refractivity contribution < 1.29 is 0 Å². The van der Waals surface area contributed by atoms with Gasteiger partial charge in [0.2, 0.25) is 0 Å². The van der Waals surface area contributed by atoms with Crippen LogP contribution in [0.1, 0.15) is 32.5 Å². The second-order valence-electron chi connectivity index (χ2n) is 4.96. The summed E-state index contributed by atoms with van der Waals surface area (Å²) >= 11 is 12.0. The van der Waals surface area contributed by atoms with Crippen LogP contribution < -0.4 is 10.6 Å². The Bertz CT molecular complexity index is 609. The number of halogens is 2. The summed E-state index contributed by atoms with van der Waals surface area (Å²) in [6.07, 6.45) is 0. The fraction of sp³-hybridized carbons (Fsp3) is 0.333. The van der Waals surface area contributed by atoms with Crippen LogP contribution in [-0.4, -0.2) is 16.5 Å². The first-order valence-electron chi connectivity index (χ1n) is 6.84. The van der Waals surface area contributed by atoms with Gasteiger partial charge in [0.1, 0.15) is 17.5 Å². The molecule has 2 aromatic rings. The van der Waals surface area contributed by atoms with Crippen LogP contribution in [0.25, 0.3) is 0 Å². The zero-order chi connectivity index (χ0) is 15.4. The summed E-state index contributed by atoms with van der Waals surface area (Å²) in [5.74, 6) is 2.53. The molecule has 0 radical (unpaired) electrons. The normalized spacial score (nSPS) is 10.8. The predicted octanol–water partition coefficient (Wildman–Crippen LogP) is 5.08. The molecule has 0 aliphatic heterocycles. The quantitative estimate of drug-likeness (QED) is 0.804. The molecule has 0 aliphatic rings. The Hall–Kier alpha value is -1.52. The summed E-state index contributed by atoms with van der Waals surface area (Å²) in [7, 11) is 0. The number of anilines is 3. The van der Waals surface area contributed by atoms with Gasteiger partial charge in [-0.1, -0.05) is 37.0 Å². The minimum atomic E-state index is 0.243. The van der Waals surface area contributed by atoms with Gasteiger partial charge in [0.15, 0.2) is 0 Å². The molecule has 1 aromatic carbocycles. The first-order chi connectivity index (χ1) is 9.97. The van der Waals surface area contributed by atoms with Crippen LogP contribution in [0.3, 0.4) is 0 Å². The second-order valence-corrected chi connectivity index (χ2v) is 5.84. The molecule has 6 heteroatoms. The highest BCUT2D eigenvalue weighted by Crippen LogP contribution is 2.26. The molecule has 112 valence electrons. The average molecular weight is 325 g/mol. The van der Waals surface area contributed by atoms with Gasteiger partial charge in [0.25, 0.3) is 0 Å². The third kappa shape index (κ3) is 4.48. The molecule has 0 saturated heterocycles. The van der Waals surface area contributed by atoms with E-state index < -0.39 is 0 Å². The maximum atomic E-state index is 6.01. The van der Waals surface area contributed by atoms with Gasteiger partial charge in [0.05, 0.1) is 0 Å². The van der Waals surface area contributed by atoms with E-state index in [1.807, 2.05) is 13.0 Å². The Balaban J connectivity index is 2.33. The topological polar surface area (TPSA) is 49.8 Å². The number of nitrogens with one attached hydrogen (secondary N) is 2. The summed E-state index contributed by atoms with van der Waals surface area (Å²) in [6.45, 7) is 6.95. The summed E-state index contributed by atoms with van der Waals surface area (Å²) in [4.78, 5) is 9.01. The monoisotopic (exact) mass is 324 g/mol. The molecule has 1 aromatic heterocycles. The molecule has 0 amide bonds. The van der Waals surface area contributed by atoms with Crippen LogP contribution in [0.2, 0.25) is 10.0 Å². The van der Waals surface area contributed by atoms with E-state index in [-0.39, 0.29) is 5.92 Å². The van der Waals surface area contributed by atoms with Gasteiger partial charge < -0.3 is 10.6 Å². The maximum absolute atomic E-state index is 6.01. The lowest BCUT2D eigenvalue weighted by molar-refractivity contribution is 0.777. The van der Waals surface area contributed by atoms with Gasteiger partial charge in [-0.3, -0.25) is 0 Å². The van der Waals surface area contributed by atoms with Gasteiger partial charge in [0, 0.05) is 34.3 Å². The summed E-state index contributed by atoms with van der Waals surface area (Å²) < 4.78 is 0. The van der Waals surface area contributed by atoms with Crippen molar-refractivity contribution in [1.29, 1.82) is 0 Å². The highest BCUT2D eigenvalue weighted by molar-refractivity contribution is 6.35. The molecule has 2 rings (SSSR count). The van der Waals surface area contributed by atoms with Crippen molar-refractivity contribution in [3.05, 3.63) is 40.1 Å². The van der Waals surface area contributed by atoms with Crippen LogP contribution in [0, 0.1) is 0 Å².